The molecule has 0 aromatic heterocycles. The molecule has 12 heavy (non-hydrogen) atoms. The van der Waals surface area contributed by atoms with E-state index in [0.717, 1.165) is 0 Å². The molecule has 0 aliphatic rings. The van der Waals surface area contributed by atoms with E-state index in [1.807, 2.05) is 0 Å². The Bertz CT molecular complexity index is 139. The highest BCUT2D eigenvalue weighted by Crippen LogP contribution is 1.81. The van der Waals surface area contributed by atoms with Crippen LogP contribution in [0, 0.1) is 0 Å². The molecule has 72 valence electrons. The van der Waals surface area contributed by atoms with Crippen molar-refractivity contribution in [2.45, 2.75) is 19.1 Å². The Morgan fingerprint density at radius 3 is 2.75 bits per heavy atom. The van der Waals surface area contributed by atoms with Crippen molar-refractivity contribution in [1.29, 1.82) is 0 Å². The lowest BCUT2D eigenvalue weighted by Crippen LogP contribution is -2.45. The molecule has 5 nitrogen and oxygen atoms in total. The molecule has 0 aliphatic carbocycles. The van der Waals surface area contributed by atoms with Crippen molar-refractivity contribution in [1.82, 2.24) is 5.32 Å². The van der Waals surface area contributed by atoms with Crippen LogP contribution in [-0.2, 0) is 9.53 Å². The van der Waals surface area contributed by atoms with E-state index in [2.05, 4.69) is 10.1 Å². The van der Waals surface area contributed by atoms with Gasteiger partial charge in [-0.1, -0.05) is 0 Å². The second kappa shape index (κ2) is 5.93. The van der Waals surface area contributed by atoms with Crippen LogP contribution in [0.3, 0.4) is 0 Å². The second-order valence-electron chi connectivity index (χ2n) is 2.66. The molecule has 2 unspecified atom stereocenters. The van der Waals surface area contributed by atoms with E-state index in [1.54, 1.807) is 6.92 Å². The maximum atomic E-state index is 11.0. The highest BCUT2D eigenvalue weighted by atomic mass is 16.5. The zero-order valence-corrected chi connectivity index (χ0v) is 7.41. The van der Waals surface area contributed by atoms with Gasteiger partial charge in [-0.15, -0.1) is 0 Å². The zero-order valence-electron chi connectivity index (χ0n) is 7.41. The van der Waals surface area contributed by atoms with Gasteiger partial charge in [-0.3, -0.25) is 4.79 Å². The number of methoxy groups -OCH3 is 1. The van der Waals surface area contributed by atoms with E-state index in [-0.39, 0.29) is 19.1 Å². The molecule has 0 fully saturated rings. The molecule has 0 saturated heterocycles. The molecule has 0 spiro atoms. The lowest BCUT2D eigenvalue weighted by atomic mass is 10.3. The fourth-order valence-electron chi connectivity index (χ4n) is 0.635. The first-order valence-corrected chi connectivity index (χ1v) is 3.78. The minimum atomic E-state index is -0.659. The first-order chi connectivity index (χ1) is 5.57. The largest absolute Gasteiger partial charge is 0.392 e. The SMILES string of the molecule is COCC(N)C(=O)NCC(C)O. The number of aliphatic hydroxyl groups is 1. The number of aliphatic hydroxyl groups excluding tert-OH is 1. The number of carbonyl (C=O) groups is 1. The van der Waals surface area contributed by atoms with E-state index >= 15 is 0 Å². The molecule has 0 bridgehead atoms. The zero-order chi connectivity index (χ0) is 9.56. The van der Waals surface area contributed by atoms with Crippen LogP contribution in [0.25, 0.3) is 0 Å². The van der Waals surface area contributed by atoms with E-state index in [4.69, 9.17) is 10.8 Å². The Morgan fingerprint density at radius 1 is 1.75 bits per heavy atom. The molecular weight excluding hydrogens is 160 g/mol. The van der Waals surface area contributed by atoms with Crippen molar-refractivity contribution in [3.05, 3.63) is 0 Å². The summed E-state index contributed by atoms with van der Waals surface area (Å²) in [6.45, 7) is 1.99. The summed E-state index contributed by atoms with van der Waals surface area (Å²) < 4.78 is 4.68. The smallest absolute Gasteiger partial charge is 0.239 e. The van der Waals surface area contributed by atoms with Crippen LogP contribution in [-0.4, -0.2) is 43.4 Å². The molecule has 2 atom stereocenters. The fourth-order valence-corrected chi connectivity index (χ4v) is 0.635. The topological polar surface area (TPSA) is 84.6 Å². The number of nitrogens with two attached hydrogens (primary N) is 1. The number of ether oxygens (including phenoxy) is 1. The Morgan fingerprint density at radius 2 is 2.33 bits per heavy atom. The first kappa shape index (κ1) is 11.4. The van der Waals surface area contributed by atoms with Crippen LogP contribution in [0.4, 0.5) is 0 Å². The number of amides is 1. The second-order valence-corrected chi connectivity index (χ2v) is 2.66. The lowest BCUT2D eigenvalue weighted by molar-refractivity contribution is -0.123. The molecule has 0 rings (SSSR count). The molecule has 1 amide bonds. The van der Waals surface area contributed by atoms with Gasteiger partial charge in [0.15, 0.2) is 0 Å². The van der Waals surface area contributed by atoms with E-state index in [0.29, 0.717) is 0 Å². The van der Waals surface area contributed by atoms with Crippen molar-refractivity contribution in [3.63, 3.8) is 0 Å². The highest BCUT2D eigenvalue weighted by molar-refractivity contribution is 5.81. The number of hydrogen-bond acceptors (Lipinski definition) is 4. The summed E-state index contributed by atoms with van der Waals surface area (Å²) in [4.78, 5) is 11.0. The predicted molar refractivity (Wildman–Crippen MR) is 44.5 cm³/mol. The average Bonchev–Trinajstić information content (AvgIpc) is 2.00. The Hall–Kier alpha value is -0.650. The van der Waals surface area contributed by atoms with Gasteiger partial charge in [-0.2, -0.15) is 0 Å². The van der Waals surface area contributed by atoms with E-state index in [9.17, 15) is 4.79 Å². The normalized spacial score (nSPS) is 15.3. The number of rotatable bonds is 5. The van der Waals surface area contributed by atoms with Gasteiger partial charge >= 0.3 is 0 Å². The average molecular weight is 176 g/mol. The quantitative estimate of drug-likeness (QED) is 0.474. The lowest BCUT2D eigenvalue weighted by Gasteiger charge is -2.11. The molecule has 5 heteroatoms. The standard InChI is InChI=1S/C7H16N2O3/c1-5(10)3-9-7(11)6(8)4-12-2/h5-6,10H,3-4,8H2,1-2H3,(H,9,11). The van der Waals surface area contributed by atoms with Gasteiger partial charge in [-0.25, -0.2) is 0 Å². The Balaban J connectivity index is 3.57. The van der Waals surface area contributed by atoms with Gasteiger partial charge in [0.05, 0.1) is 12.7 Å². The van der Waals surface area contributed by atoms with Crippen molar-refractivity contribution < 1.29 is 14.6 Å². The molecule has 0 aliphatic heterocycles. The van der Waals surface area contributed by atoms with Gasteiger partial charge < -0.3 is 20.9 Å². The van der Waals surface area contributed by atoms with E-state index in [1.165, 1.54) is 7.11 Å². The van der Waals surface area contributed by atoms with Gasteiger partial charge in [-0.05, 0) is 6.92 Å². The van der Waals surface area contributed by atoms with Crippen molar-refractivity contribution >= 4 is 5.91 Å². The summed E-state index contributed by atoms with van der Waals surface area (Å²) in [6, 6.07) is -0.659. The molecule has 0 heterocycles. The highest BCUT2D eigenvalue weighted by Gasteiger charge is 2.12. The van der Waals surface area contributed by atoms with Crippen LogP contribution < -0.4 is 11.1 Å². The third-order valence-electron chi connectivity index (χ3n) is 1.25. The van der Waals surface area contributed by atoms with Crippen molar-refractivity contribution in [2.24, 2.45) is 5.73 Å². The molecule has 0 saturated carbocycles. The first-order valence-electron chi connectivity index (χ1n) is 3.78. The van der Waals surface area contributed by atoms with Crippen molar-refractivity contribution in [2.75, 3.05) is 20.3 Å². The predicted octanol–water partition coefficient (Wildman–Crippen LogP) is -1.54. The summed E-state index contributed by atoms with van der Waals surface area (Å²) in [7, 11) is 1.47. The van der Waals surface area contributed by atoms with E-state index < -0.39 is 12.1 Å². The molecule has 0 aromatic rings. The van der Waals surface area contributed by atoms with Gasteiger partial charge in [0.1, 0.15) is 6.04 Å². The van der Waals surface area contributed by atoms with Crippen molar-refractivity contribution in [3.8, 4) is 0 Å². The van der Waals surface area contributed by atoms with Gasteiger partial charge in [0.25, 0.3) is 0 Å². The monoisotopic (exact) mass is 176 g/mol. The van der Waals surface area contributed by atoms with Crippen LogP contribution in [0.1, 0.15) is 6.92 Å². The third kappa shape index (κ3) is 5.06. The number of nitrogens with one attached hydrogen (secondary N) is 1. The fraction of sp³-hybridized carbons (Fsp3) is 0.857. The summed E-state index contributed by atoms with van der Waals surface area (Å²) >= 11 is 0. The van der Waals surface area contributed by atoms with Crippen LogP contribution >= 0.6 is 0 Å². The minimum absolute atomic E-state index is 0.186. The summed E-state index contributed by atoms with van der Waals surface area (Å²) in [5.41, 5.74) is 5.40. The molecular formula is C7H16N2O3. The number of carbonyl (C=O) groups excluding carboxylic acids is 1. The van der Waals surface area contributed by atoms with Gasteiger partial charge in [0.2, 0.25) is 5.91 Å². The minimum Gasteiger partial charge on any atom is -0.392 e. The summed E-state index contributed by atoms with van der Waals surface area (Å²) in [5.74, 6) is -0.308. The summed E-state index contributed by atoms with van der Waals surface area (Å²) in [5, 5.41) is 11.3. The van der Waals surface area contributed by atoms with Gasteiger partial charge in [0, 0.05) is 13.7 Å². The molecule has 4 N–H and O–H groups in total. The number of hydrogen-bond donors (Lipinski definition) is 3. The van der Waals surface area contributed by atoms with Crippen LogP contribution in [0.2, 0.25) is 0 Å². The third-order valence-corrected chi connectivity index (χ3v) is 1.25. The summed E-state index contributed by atoms with van der Waals surface area (Å²) in [6.07, 6.45) is -0.552. The molecule has 0 radical (unpaired) electrons. The maximum Gasteiger partial charge on any atom is 0.239 e. The Kier molecular flexibility index (Phi) is 5.61. The van der Waals surface area contributed by atoms with Crippen LogP contribution in [0.15, 0.2) is 0 Å². The maximum absolute atomic E-state index is 11.0. The van der Waals surface area contributed by atoms with Crippen LogP contribution in [0.5, 0.6) is 0 Å². The Labute approximate surface area is 71.9 Å². The molecule has 0 aromatic carbocycles.